The molecule has 0 saturated carbocycles. The number of hydrogen-bond donors (Lipinski definition) is 1. The summed E-state index contributed by atoms with van der Waals surface area (Å²) in [5, 5.41) is 3.44. The van der Waals surface area contributed by atoms with E-state index in [-0.39, 0.29) is 0 Å². The fourth-order valence-corrected chi connectivity index (χ4v) is 2.77. The van der Waals surface area contributed by atoms with Crippen LogP contribution in [0.1, 0.15) is 25.3 Å². The third kappa shape index (κ3) is 4.82. The van der Waals surface area contributed by atoms with Crippen LogP contribution in [-0.4, -0.2) is 23.6 Å². The van der Waals surface area contributed by atoms with E-state index >= 15 is 0 Å². The molecule has 3 rings (SSSR count). The molecule has 0 spiro atoms. The monoisotopic (exact) mass is 346 g/mol. The third-order valence-corrected chi connectivity index (χ3v) is 4.22. The third-order valence-electron chi connectivity index (χ3n) is 4.22. The highest BCUT2D eigenvalue weighted by atomic mass is 15.2. The van der Waals surface area contributed by atoms with Gasteiger partial charge in [-0.25, -0.2) is 4.98 Å². The van der Waals surface area contributed by atoms with E-state index in [1.54, 1.807) is 0 Å². The fraction of sp³-hybridized carbons (Fsp3) is 0.273. The summed E-state index contributed by atoms with van der Waals surface area (Å²) >= 11 is 0. The highest BCUT2D eigenvalue weighted by Gasteiger charge is 2.11. The van der Waals surface area contributed by atoms with Crippen molar-refractivity contribution in [2.75, 3.05) is 23.8 Å². The van der Waals surface area contributed by atoms with Crippen LogP contribution in [0.2, 0.25) is 0 Å². The molecule has 0 atom stereocenters. The topological polar surface area (TPSA) is 41.1 Å². The summed E-state index contributed by atoms with van der Waals surface area (Å²) in [5.74, 6) is 1.61. The lowest BCUT2D eigenvalue weighted by atomic mass is 10.1. The molecule has 0 aliphatic heterocycles. The molecule has 2 aromatic carbocycles. The Balaban J connectivity index is 1.88. The normalized spacial score (nSPS) is 10.5. The second-order valence-corrected chi connectivity index (χ2v) is 6.43. The van der Waals surface area contributed by atoms with Crippen LogP contribution in [0.5, 0.6) is 0 Å². The van der Waals surface area contributed by atoms with Crippen molar-refractivity contribution < 1.29 is 0 Å². The van der Waals surface area contributed by atoms with Crippen molar-refractivity contribution in [1.29, 1.82) is 0 Å². The minimum absolute atomic E-state index is 0.731. The van der Waals surface area contributed by atoms with Crippen molar-refractivity contribution >= 4 is 11.8 Å². The van der Waals surface area contributed by atoms with E-state index in [0.29, 0.717) is 0 Å². The van der Waals surface area contributed by atoms with E-state index < -0.39 is 0 Å². The quantitative estimate of drug-likeness (QED) is 0.583. The van der Waals surface area contributed by atoms with Gasteiger partial charge in [-0.2, -0.15) is 4.98 Å². The molecule has 0 aliphatic carbocycles. The molecule has 1 aromatic heterocycles. The summed E-state index contributed by atoms with van der Waals surface area (Å²) in [6, 6.07) is 22.7. The lowest BCUT2D eigenvalue weighted by molar-refractivity contribution is 0.825. The predicted molar refractivity (Wildman–Crippen MR) is 109 cm³/mol. The first kappa shape index (κ1) is 17.9. The first-order valence-electron chi connectivity index (χ1n) is 9.19. The van der Waals surface area contributed by atoms with Gasteiger partial charge in [-0.1, -0.05) is 74.0 Å². The molecule has 4 nitrogen and oxygen atoms in total. The second-order valence-electron chi connectivity index (χ2n) is 6.43. The molecule has 0 bridgehead atoms. The maximum Gasteiger partial charge on any atom is 0.227 e. The number of unbranched alkanes of at least 4 members (excludes halogenated alkanes) is 1. The zero-order chi connectivity index (χ0) is 18.2. The smallest absolute Gasteiger partial charge is 0.227 e. The van der Waals surface area contributed by atoms with E-state index in [2.05, 4.69) is 53.5 Å². The van der Waals surface area contributed by atoms with Crippen LogP contribution in [0.4, 0.5) is 11.8 Å². The van der Waals surface area contributed by atoms with Gasteiger partial charge in [-0.05, 0) is 12.0 Å². The van der Waals surface area contributed by atoms with Crippen LogP contribution in [0.3, 0.4) is 0 Å². The molecule has 0 radical (unpaired) electrons. The van der Waals surface area contributed by atoms with Gasteiger partial charge >= 0.3 is 0 Å². The zero-order valence-corrected chi connectivity index (χ0v) is 15.5. The molecular weight excluding hydrogens is 320 g/mol. The highest BCUT2D eigenvalue weighted by Crippen LogP contribution is 2.23. The Labute approximate surface area is 155 Å². The zero-order valence-electron chi connectivity index (χ0n) is 15.5. The summed E-state index contributed by atoms with van der Waals surface area (Å²) in [6.45, 7) is 3.88. The Kier molecular flexibility index (Phi) is 6.20. The Morgan fingerprint density at radius 1 is 0.923 bits per heavy atom. The summed E-state index contributed by atoms with van der Waals surface area (Å²) in [7, 11) is 2.03. The van der Waals surface area contributed by atoms with Gasteiger partial charge in [0.1, 0.15) is 5.82 Å². The molecule has 26 heavy (non-hydrogen) atoms. The summed E-state index contributed by atoms with van der Waals surface area (Å²) in [4.78, 5) is 11.6. The molecule has 4 heteroatoms. The molecule has 1 N–H and O–H groups in total. The van der Waals surface area contributed by atoms with Crippen molar-refractivity contribution in [3.8, 4) is 11.3 Å². The molecule has 3 aromatic rings. The predicted octanol–water partition coefficient (Wildman–Crippen LogP) is 4.99. The standard InChI is InChI=1S/C22H26N4/c1-3-4-15-23-21-16-20(19-13-9-6-10-14-19)24-22(25-21)26(2)17-18-11-7-5-8-12-18/h5-14,16H,3-4,15,17H2,1-2H3,(H,23,24,25). The number of anilines is 2. The largest absolute Gasteiger partial charge is 0.370 e. The van der Waals surface area contributed by atoms with Crippen LogP contribution >= 0.6 is 0 Å². The molecule has 0 aliphatic rings. The SMILES string of the molecule is CCCCNc1cc(-c2ccccc2)nc(N(C)Cc2ccccc2)n1. The maximum atomic E-state index is 4.80. The number of rotatable bonds is 8. The maximum absolute atomic E-state index is 4.80. The van der Waals surface area contributed by atoms with E-state index in [1.807, 2.05) is 37.4 Å². The second kappa shape index (κ2) is 8.99. The Bertz CT molecular complexity index is 803. The molecule has 1 heterocycles. The fourth-order valence-electron chi connectivity index (χ4n) is 2.77. The number of hydrogen-bond acceptors (Lipinski definition) is 4. The van der Waals surface area contributed by atoms with Gasteiger partial charge < -0.3 is 10.2 Å². The van der Waals surface area contributed by atoms with Gasteiger partial charge in [0.25, 0.3) is 0 Å². The summed E-state index contributed by atoms with van der Waals surface area (Å²) < 4.78 is 0. The summed E-state index contributed by atoms with van der Waals surface area (Å²) in [5.41, 5.74) is 3.28. The van der Waals surface area contributed by atoms with Crippen LogP contribution in [0, 0.1) is 0 Å². The van der Waals surface area contributed by atoms with E-state index in [9.17, 15) is 0 Å². The van der Waals surface area contributed by atoms with Crippen molar-refractivity contribution in [3.63, 3.8) is 0 Å². The highest BCUT2D eigenvalue weighted by molar-refractivity contribution is 5.64. The van der Waals surface area contributed by atoms with Crippen LogP contribution in [0.25, 0.3) is 11.3 Å². The number of benzene rings is 2. The van der Waals surface area contributed by atoms with Gasteiger partial charge in [0.15, 0.2) is 0 Å². The van der Waals surface area contributed by atoms with Gasteiger partial charge in [-0.15, -0.1) is 0 Å². The van der Waals surface area contributed by atoms with E-state index in [0.717, 1.165) is 49.0 Å². The Morgan fingerprint density at radius 2 is 1.62 bits per heavy atom. The van der Waals surface area contributed by atoms with Crippen LogP contribution in [0.15, 0.2) is 66.7 Å². The summed E-state index contributed by atoms with van der Waals surface area (Å²) in [6.07, 6.45) is 2.28. The van der Waals surface area contributed by atoms with Crippen molar-refractivity contribution in [2.45, 2.75) is 26.3 Å². The van der Waals surface area contributed by atoms with E-state index in [1.165, 1.54) is 5.56 Å². The Morgan fingerprint density at radius 3 is 2.31 bits per heavy atom. The molecule has 0 unspecified atom stereocenters. The van der Waals surface area contributed by atoms with E-state index in [4.69, 9.17) is 9.97 Å². The minimum atomic E-state index is 0.731. The number of nitrogens with one attached hydrogen (secondary N) is 1. The van der Waals surface area contributed by atoms with Gasteiger partial charge in [-0.3, -0.25) is 0 Å². The van der Waals surface area contributed by atoms with Gasteiger partial charge in [0, 0.05) is 31.8 Å². The number of nitrogens with zero attached hydrogens (tertiary/aromatic N) is 3. The molecule has 0 amide bonds. The Hall–Kier alpha value is -2.88. The lowest BCUT2D eigenvalue weighted by Gasteiger charge is -2.19. The molecule has 0 saturated heterocycles. The van der Waals surface area contributed by atoms with Crippen LogP contribution < -0.4 is 10.2 Å². The van der Waals surface area contributed by atoms with Gasteiger partial charge in [0.05, 0.1) is 5.69 Å². The van der Waals surface area contributed by atoms with Crippen LogP contribution in [-0.2, 0) is 6.54 Å². The molecule has 134 valence electrons. The van der Waals surface area contributed by atoms with Crippen molar-refractivity contribution in [1.82, 2.24) is 9.97 Å². The number of aromatic nitrogens is 2. The average molecular weight is 346 g/mol. The first-order chi connectivity index (χ1) is 12.8. The first-order valence-corrected chi connectivity index (χ1v) is 9.19. The molecular formula is C22H26N4. The lowest BCUT2D eigenvalue weighted by Crippen LogP contribution is -2.20. The van der Waals surface area contributed by atoms with Crippen molar-refractivity contribution in [2.24, 2.45) is 0 Å². The molecule has 0 fully saturated rings. The van der Waals surface area contributed by atoms with Gasteiger partial charge in [0.2, 0.25) is 5.95 Å². The average Bonchev–Trinajstić information content (AvgIpc) is 2.69. The minimum Gasteiger partial charge on any atom is -0.370 e. The van der Waals surface area contributed by atoms with Crippen molar-refractivity contribution in [3.05, 3.63) is 72.3 Å².